The number of carbonyl (C=O) groups is 1. The number of anilines is 1. The maximum atomic E-state index is 12.3. The third-order valence-corrected chi connectivity index (χ3v) is 4.64. The summed E-state index contributed by atoms with van der Waals surface area (Å²) in [5.41, 5.74) is 5.80. The molecule has 0 aliphatic carbocycles. The lowest BCUT2D eigenvalue weighted by atomic mass is 10.0. The van der Waals surface area contributed by atoms with Gasteiger partial charge in [-0.1, -0.05) is 29.8 Å². The predicted molar refractivity (Wildman–Crippen MR) is 94.9 cm³/mol. The summed E-state index contributed by atoms with van der Waals surface area (Å²) >= 11 is 1.59. The SMILES string of the molecule is Cc1ccc(-c2n[nH]c(C)c2NC(=O)Cc2cccs2)c(C)c1. The Morgan fingerprint density at radius 2 is 2.09 bits per heavy atom. The average molecular weight is 325 g/mol. The standard InChI is InChI=1S/C18H19N3OS/c1-11-6-7-15(12(2)9-11)18-17(13(3)20-21-18)19-16(22)10-14-5-4-8-23-14/h4-9H,10H2,1-3H3,(H,19,22)(H,20,21). The van der Waals surface area contributed by atoms with Crippen molar-refractivity contribution in [1.82, 2.24) is 10.2 Å². The maximum Gasteiger partial charge on any atom is 0.229 e. The number of nitrogens with zero attached hydrogens (tertiary/aromatic N) is 1. The van der Waals surface area contributed by atoms with E-state index in [2.05, 4.69) is 47.6 Å². The first kappa shape index (κ1) is 15.5. The summed E-state index contributed by atoms with van der Waals surface area (Å²) in [6.07, 6.45) is 0.384. The van der Waals surface area contributed by atoms with Gasteiger partial charge < -0.3 is 5.32 Å². The van der Waals surface area contributed by atoms with Gasteiger partial charge in [-0.15, -0.1) is 11.3 Å². The van der Waals surface area contributed by atoms with Crippen LogP contribution < -0.4 is 5.32 Å². The van der Waals surface area contributed by atoms with Crippen molar-refractivity contribution in [3.8, 4) is 11.3 Å². The smallest absolute Gasteiger partial charge is 0.229 e. The van der Waals surface area contributed by atoms with E-state index in [4.69, 9.17) is 0 Å². The summed E-state index contributed by atoms with van der Waals surface area (Å²) in [6, 6.07) is 10.2. The molecule has 0 saturated carbocycles. The zero-order valence-corrected chi connectivity index (χ0v) is 14.3. The number of hydrogen-bond acceptors (Lipinski definition) is 3. The molecule has 0 unspecified atom stereocenters. The fraction of sp³-hybridized carbons (Fsp3) is 0.222. The number of nitrogens with one attached hydrogen (secondary N) is 2. The van der Waals surface area contributed by atoms with Gasteiger partial charge in [-0.3, -0.25) is 9.89 Å². The Bertz CT molecular complexity index is 834. The van der Waals surface area contributed by atoms with Crippen LogP contribution in [0.2, 0.25) is 0 Å². The Morgan fingerprint density at radius 1 is 1.26 bits per heavy atom. The quantitative estimate of drug-likeness (QED) is 0.753. The first-order valence-electron chi connectivity index (χ1n) is 7.49. The molecule has 0 atom stereocenters. The Morgan fingerprint density at radius 3 is 2.78 bits per heavy atom. The number of rotatable bonds is 4. The summed E-state index contributed by atoms with van der Waals surface area (Å²) in [5.74, 6) is -0.0250. The van der Waals surface area contributed by atoms with E-state index in [0.717, 1.165) is 33.1 Å². The van der Waals surface area contributed by atoms with Gasteiger partial charge in [0.1, 0.15) is 5.69 Å². The van der Waals surface area contributed by atoms with E-state index < -0.39 is 0 Å². The minimum atomic E-state index is -0.0250. The van der Waals surface area contributed by atoms with Crippen LogP contribution >= 0.6 is 11.3 Å². The van der Waals surface area contributed by atoms with E-state index in [-0.39, 0.29) is 5.91 Å². The Kier molecular flexibility index (Phi) is 4.30. The van der Waals surface area contributed by atoms with Crippen molar-refractivity contribution in [3.05, 3.63) is 57.4 Å². The fourth-order valence-corrected chi connectivity index (χ4v) is 3.31. The van der Waals surface area contributed by atoms with Gasteiger partial charge >= 0.3 is 0 Å². The van der Waals surface area contributed by atoms with Gasteiger partial charge in [0.15, 0.2) is 0 Å². The number of carbonyl (C=O) groups excluding carboxylic acids is 1. The van der Waals surface area contributed by atoms with Crippen LogP contribution in [0.4, 0.5) is 5.69 Å². The van der Waals surface area contributed by atoms with Gasteiger partial charge in [-0.05, 0) is 37.8 Å². The van der Waals surface area contributed by atoms with Gasteiger partial charge in [0.2, 0.25) is 5.91 Å². The highest BCUT2D eigenvalue weighted by atomic mass is 32.1. The normalized spacial score (nSPS) is 10.7. The van der Waals surface area contributed by atoms with Crippen molar-refractivity contribution >= 4 is 22.9 Å². The van der Waals surface area contributed by atoms with Crippen molar-refractivity contribution < 1.29 is 4.79 Å². The van der Waals surface area contributed by atoms with Gasteiger partial charge in [0.05, 0.1) is 17.8 Å². The molecule has 1 amide bonds. The molecular weight excluding hydrogens is 306 g/mol. The number of thiophene rings is 1. The second kappa shape index (κ2) is 6.38. The molecule has 0 fully saturated rings. The van der Waals surface area contributed by atoms with Crippen LogP contribution in [0.5, 0.6) is 0 Å². The molecule has 2 aromatic heterocycles. The van der Waals surface area contributed by atoms with Crippen LogP contribution in [0.25, 0.3) is 11.3 Å². The summed E-state index contributed by atoms with van der Waals surface area (Å²) < 4.78 is 0. The second-order valence-electron chi connectivity index (χ2n) is 5.69. The lowest BCUT2D eigenvalue weighted by Crippen LogP contribution is -2.14. The molecule has 118 valence electrons. The molecule has 0 bridgehead atoms. The number of aromatic amines is 1. The van der Waals surface area contributed by atoms with E-state index in [9.17, 15) is 4.79 Å². The summed E-state index contributed by atoms with van der Waals surface area (Å²) in [7, 11) is 0. The van der Waals surface area contributed by atoms with Crippen molar-refractivity contribution in [1.29, 1.82) is 0 Å². The number of benzene rings is 1. The molecule has 3 rings (SSSR count). The predicted octanol–water partition coefficient (Wildman–Crippen LogP) is 4.24. The van der Waals surface area contributed by atoms with Crippen molar-refractivity contribution in [2.75, 3.05) is 5.32 Å². The summed E-state index contributed by atoms with van der Waals surface area (Å²) in [6.45, 7) is 6.04. The Balaban J connectivity index is 1.88. The zero-order chi connectivity index (χ0) is 16.4. The van der Waals surface area contributed by atoms with E-state index in [1.54, 1.807) is 11.3 Å². The minimum Gasteiger partial charge on any atom is -0.322 e. The molecule has 3 aromatic rings. The number of hydrogen-bond donors (Lipinski definition) is 2. The second-order valence-corrected chi connectivity index (χ2v) is 6.73. The van der Waals surface area contributed by atoms with Gasteiger partial charge in [0.25, 0.3) is 0 Å². The Labute approximate surface area is 139 Å². The monoisotopic (exact) mass is 325 g/mol. The van der Waals surface area contributed by atoms with Gasteiger partial charge in [-0.25, -0.2) is 0 Å². The Hall–Kier alpha value is -2.40. The first-order valence-corrected chi connectivity index (χ1v) is 8.37. The first-order chi connectivity index (χ1) is 11.0. The van der Waals surface area contributed by atoms with Crippen LogP contribution in [-0.4, -0.2) is 16.1 Å². The van der Waals surface area contributed by atoms with Gasteiger partial charge in [0, 0.05) is 10.4 Å². The van der Waals surface area contributed by atoms with Crippen LogP contribution in [0.1, 0.15) is 21.7 Å². The minimum absolute atomic E-state index is 0.0250. The molecule has 2 heterocycles. The van der Waals surface area contributed by atoms with Gasteiger partial charge in [-0.2, -0.15) is 5.10 Å². The van der Waals surface area contributed by atoms with Crippen molar-refractivity contribution in [3.63, 3.8) is 0 Å². The molecule has 0 saturated heterocycles. The van der Waals surface area contributed by atoms with Crippen LogP contribution in [0, 0.1) is 20.8 Å². The molecule has 0 radical (unpaired) electrons. The molecule has 5 heteroatoms. The van der Waals surface area contributed by atoms with E-state index in [0.29, 0.717) is 6.42 Å². The zero-order valence-electron chi connectivity index (χ0n) is 13.4. The van der Waals surface area contributed by atoms with E-state index in [1.165, 1.54) is 5.56 Å². The van der Waals surface area contributed by atoms with E-state index in [1.807, 2.05) is 24.4 Å². The number of aromatic nitrogens is 2. The lowest BCUT2D eigenvalue weighted by molar-refractivity contribution is -0.115. The maximum absolute atomic E-state index is 12.3. The highest BCUT2D eigenvalue weighted by molar-refractivity contribution is 7.10. The largest absolute Gasteiger partial charge is 0.322 e. The van der Waals surface area contributed by atoms with Crippen molar-refractivity contribution in [2.24, 2.45) is 0 Å². The van der Waals surface area contributed by atoms with Crippen LogP contribution in [0.3, 0.4) is 0 Å². The molecule has 0 aliphatic heterocycles. The summed E-state index contributed by atoms with van der Waals surface area (Å²) in [5, 5.41) is 12.4. The molecule has 0 spiro atoms. The number of H-pyrrole nitrogens is 1. The molecular formula is C18H19N3OS. The van der Waals surface area contributed by atoms with Crippen molar-refractivity contribution in [2.45, 2.75) is 27.2 Å². The third kappa shape index (κ3) is 3.35. The molecule has 4 nitrogen and oxygen atoms in total. The lowest BCUT2D eigenvalue weighted by Gasteiger charge is -2.09. The molecule has 0 aliphatic rings. The van der Waals surface area contributed by atoms with Crippen LogP contribution in [0.15, 0.2) is 35.7 Å². The third-order valence-electron chi connectivity index (χ3n) is 3.76. The fourth-order valence-electron chi connectivity index (χ4n) is 2.61. The topological polar surface area (TPSA) is 57.8 Å². The highest BCUT2D eigenvalue weighted by Gasteiger charge is 2.16. The van der Waals surface area contributed by atoms with E-state index >= 15 is 0 Å². The molecule has 1 aromatic carbocycles. The molecule has 2 N–H and O–H groups in total. The number of aryl methyl sites for hydroxylation is 3. The summed E-state index contributed by atoms with van der Waals surface area (Å²) in [4.78, 5) is 13.4. The molecule has 23 heavy (non-hydrogen) atoms. The average Bonchev–Trinajstić information content (AvgIpc) is 3.11. The van der Waals surface area contributed by atoms with Crippen LogP contribution in [-0.2, 0) is 11.2 Å². The highest BCUT2D eigenvalue weighted by Crippen LogP contribution is 2.31. The number of amides is 1.